The van der Waals surface area contributed by atoms with Gasteiger partial charge in [-0.2, -0.15) is 5.10 Å². The molecule has 0 unspecified atom stereocenters. The Morgan fingerprint density at radius 3 is 2.73 bits per heavy atom. The van der Waals surface area contributed by atoms with Crippen LogP contribution in [0, 0.1) is 6.92 Å². The number of benzene rings is 2. The lowest BCUT2D eigenvalue weighted by molar-refractivity contribution is 0.335. The fourth-order valence-electron chi connectivity index (χ4n) is 2.88. The average molecular weight is 347 g/mol. The molecular weight excluding hydrogens is 322 g/mol. The van der Waals surface area contributed by atoms with Crippen molar-refractivity contribution < 1.29 is 4.74 Å². The number of aromatic nitrogens is 1. The zero-order chi connectivity index (χ0) is 18.5. The summed E-state index contributed by atoms with van der Waals surface area (Å²) in [5.41, 5.74) is 7.38. The number of aryl methyl sites for hydroxylation is 1. The molecule has 4 heteroatoms. The molecule has 1 aromatic heterocycles. The SMILES string of the molecule is CCOc1cc(C)c(/C=N\Nc2ccc3ccccc3n2)cc1C(C)C. The van der Waals surface area contributed by atoms with E-state index in [1.165, 1.54) is 5.56 Å². The summed E-state index contributed by atoms with van der Waals surface area (Å²) in [6.45, 7) is 9.09. The van der Waals surface area contributed by atoms with E-state index in [-0.39, 0.29) is 0 Å². The van der Waals surface area contributed by atoms with Gasteiger partial charge in [0.1, 0.15) is 11.6 Å². The standard InChI is InChI=1S/C22H25N3O/c1-5-26-21-12-16(4)18(13-19(21)15(2)3)14-23-25-22-11-10-17-8-6-7-9-20(17)24-22/h6-15H,5H2,1-4H3,(H,24,25)/b23-14-. The van der Waals surface area contributed by atoms with Gasteiger partial charge in [0.2, 0.25) is 0 Å². The molecule has 3 rings (SSSR count). The number of ether oxygens (including phenoxy) is 1. The quantitative estimate of drug-likeness (QED) is 0.472. The molecular formula is C22H25N3O. The Morgan fingerprint density at radius 2 is 1.96 bits per heavy atom. The molecule has 0 aliphatic carbocycles. The number of hydrogen-bond donors (Lipinski definition) is 1. The Labute approximate surface area is 154 Å². The number of nitrogens with one attached hydrogen (secondary N) is 1. The largest absolute Gasteiger partial charge is 0.494 e. The molecule has 0 amide bonds. The van der Waals surface area contributed by atoms with Gasteiger partial charge in [0, 0.05) is 5.39 Å². The van der Waals surface area contributed by atoms with E-state index in [1.54, 1.807) is 0 Å². The van der Waals surface area contributed by atoms with Crippen molar-refractivity contribution in [2.24, 2.45) is 5.10 Å². The number of rotatable bonds is 6. The molecule has 1 N–H and O–H groups in total. The van der Waals surface area contributed by atoms with Gasteiger partial charge in [-0.05, 0) is 66.8 Å². The second-order valence-electron chi connectivity index (χ2n) is 6.59. The third kappa shape index (κ3) is 4.02. The molecule has 134 valence electrons. The minimum absolute atomic E-state index is 0.388. The topological polar surface area (TPSA) is 46.5 Å². The lowest BCUT2D eigenvalue weighted by atomic mass is 9.97. The Balaban J connectivity index is 1.81. The highest BCUT2D eigenvalue weighted by Crippen LogP contribution is 2.29. The van der Waals surface area contributed by atoms with Crippen molar-refractivity contribution in [3.63, 3.8) is 0 Å². The molecule has 0 fully saturated rings. The van der Waals surface area contributed by atoms with Gasteiger partial charge in [0.15, 0.2) is 0 Å². The van der Waals surface area contributed by atoms with Crippen LogP contribution in [-0.4, -0.2) is 17.8 Å². The number of nitrogens with zero attached hydrogens (tertiary/aromatic N) is 2. The smallest absolute Gasteiger partial charge is 0.146 e. The van der Waals surface area contributed by atoms with Gasteiger partial charge in [0.25, 0.3) is 0 Å². The van der Waals surface area contributed by atoms with E-state index >= 15 is 0 Å². The van der Waals surface area contributed by atoms with Crippen LogP contribution in [0.3, 0.4) is 0 Å². The Morgan fingerprint density at radius 1 is 1.15 bits per heavy atom. The van der Waals surface area contributed by atoms with E-state index < -0.39 is 0 Å². The van der Waals surface area contributed by atoms with Gasteiger partial charge < -0.3 is 4.74 Å². The van der Waals surface area contributed by atoms with Crippen LogP contribution < -0.4 is 10.2 Å². The maximum Gasteiger partial charge on any atom is 0.146 e. The summed E-state index contributed by atoms with van der Waals surface area (Å²) in [5, 5.41) is 5.49. The summed E-state index contributed by atoms with van der Waals surface area (Å²) < 4.78 is 5.78. The van der Waals surface area contributed by atoms with Crippen LogP contribution in [0.1, 0.15) is 43.4 Å². The van der Waals surface area contributed by atoms with Gasteiger partial charge in [-0.1, -0.05) is 32.0 Å². The lowest BCUT2D eigenvalue weighted by Crippen LogP contribution is -2.02. The number of pyridine rings is 1. The molecule has 0 aliphatic rings. The summed E-state index contributed by atoms with van der Waals surface area (Å²) in [6.07, 6.45) is 1.84. The molecule has 0 spiro atoms. The van der Waals surface area contributed by atoms with Crippen LogP contribution in [-0.2, 0) is 0 Å². The molecule has 3 aromatic rings. The van der Waals surface area contributed by atoms with Crippen molar-refractivity contribution >= 4 is 22.9 Å². The van der Waals surface area contributed by atoms with Gasteiger partial charge in [0.05, 0.1) is 18.3 Å². The molecule has 4 nitrogen and oxygen atoms in total. The Hall–Kier alpha value is -2.88. The van der Waals surface area contributed by atoms with Crippen LogP contribution in [0.25, 0.3) is 10.9 Å². The molecule has 0 saturated heterocycles. The van der Waals surface area contributed by atoms with Gasteiger partial charge in [-0.25, -0.2) is 4.98 Å². The highest BCUT2D eigenvalue weighted by molar-refractivity contribution is 5.84. The maximum absolute atomic E-state index is 5.78. The maximum atomic E-state index is 5.78. The summed E-state index contributed by atoms with van der Waals surface area (Å²) in [4.78, 5) is 4.57. The third-order valence-corrected chi connectivity index (χ3v) is 4.30. The van der Waals surface area contributed by atoms with Crippen molar-refractivity contribution in [1.29, 1.82) is 0 Å². The first kappa shape index (κ1) is 17.9. The van der Waals surface area contributed by atoms with Crippen LogP contribution >= 0.6 is 0 Å². The number of hydrazone groups is 1. The van der Waals surface area contributed by atoms with E-state index in [4.69, 9.17) is 4.74 Å². The zero-order valence-electron chi connectivity index (χ0n) is 15.8. The first-order valence-corrected chi connectivity index (χ1v) is 9.00. The fraction of sp³-hybridized carbons (Fsp3) is 0.273. The predicted octanol–water partition coefficient (Wildman–Crippen LogP) is 5.51. The van der Waals surface area contributed by atoms with Crippen molar-refractivity contribution in [3.05, 3.63) is 65.2 Å². The van der Waals surface area contributed by atoms with Crippen molar-refractivity contribution in [2.75, 3.05) is 12.0 Å². The molecule has 26 heavy (non-hydrogen) atoms. The van der Waals surface area contributed by atoms with E-state index in [2.05, 4.69) is 48.4 Å². The average Bonchev–Trinajstić information content (AvgIpc) is 2.63. The van der Waals surface area contributed by atoms with Gasteiger partial charge in [-0.15, -0.1) is 0 Å². The van der Waals surface area contributed by atoms with Gasteiger partial charge in [-0.3, -0.25) is 5.43 Å². The zero-order valence-corrected chi connectivity index (χ0v) is 15.8. The second-order valence-corrected chi connectivity index (χ2v) is 6.59. The van der Waals surface area contributed by atoms with E-state index in [9.17, 15) is 0 Å². The molecule has 0 saturated carbocycles. The molecule has 0 atom stereocenters. The van der Waals surface area contributed by atoms with E-state index in [0.29, 0.717) is 12.5 Å². The third-order valence-electron chi connectivity index (χ3n) is 4.30. The molecule has 2 aromatic carbocycles. The van der Waals surface area contributed by atoms with E-state index in [1.807, 2.05) is 49.5 Å². The Bertz CT molecular complexity index is 932. The molecule has 0 bridgehead atoms. The highest BCUT2D eigenvalue weighted by atomic mass is 16.5. The summed E-state index contributed by atoms with van der Waals surface area (Å²) in [6, 6.07) is 16.3. The fourth-order valence-corrected chi connectivity index (χ4v) is 2.88. The number of anilines is 1. The minimum atomic E-state index is 0.388. The monoisotopic (exact) mass is 347 g/mol. The summed E-state index contributed by atoms with van der Waals surface area (Å²) in [7, 11) is 0. The Kier molecular flexibility index (Phi) is 5.52. The second kappa shape index (κ2) is 8.00. The predicted molar refractivity (Wildman–Crippen MR) is 109 cm³/mol. The van der Waals surface area contributed by atoms with Crippen molar-refractivity contribution in [2.45, 2.75) is 33.6 Å². The molecule has 0 radical (unpaired) electrons. The normalized spacial score (nSPS) is 11.4. The first-order chi connectivity index (χ1) is 12.6. The highest BCUT2D eigenvalue weighted by Gasteiger charge is 2.10. The van der Waals surface area contributed by atoms with Crippen molar-refractivity contribution in [1.82, 2.24) is 4.98 Å². The van der Waals surface area contributed by atoms with Crippen LogP contribution in [0.15, 0.2) is 53.6 Å². The van der Waals surface area contributed by atoms with Crippen LogP contribution in [0.2, 0.25) is 0 Å². The minimum Gasteiger partial charge on any atom is -0.494 e. The summed E-state index contributed by atoms with van der Waals surface area (Å²) in [5.74, 6) is 2.08. The van der Waals surface area contributed by atoms with Crippen LogP contribution in [0.5, 0.6) is 5.75 Å². The summed E-state index contributed by atoms with van der Waals surface area (Å²) >= 11 is 0. The first-order valence-electron chi connectivity index (χ1n) is 9.00. The number of hydrogen-bond acceptors (Lipinski definition) is 4. The lowest BCUT2D eigenvalue weighted by Gasteiger charge is -2.15. The molecule has 1 heterocycles. The number of fused-ring (bicyclic) bond motifs is 1. The van der Waals surface area contributed by atoms with Crippen LogP contribution in [0.4, 0.5) is 5.82 Å². The number of para-hydroxylation sites is 1. The molecule has 0 aliphatic heterocycles. The van der Waals surface area contributed by atoms with E-state index in [0.717, 1.165) is 33.6 Å². The van der Waals surface area contributed by atoms with Gasteiger partial charge >= 0.3 is 0 Å². The van der Waals surface area contributed by atoms with Crippen molar-refractivity contribution in [3.8, 4) is 5.75 Å².